The second-order valence-corrected chi connectivity index (χ2v) is 5.95. The number of hydrogen-bond donors (Lipinski definition) is 0. The minimum absolute atomic E-state index is 0.208. The summed E-state index contributed by atoms with van der Waals surface area (Å²) in [6, 6.07) is 4.22. The molecule has 0 aromatic heterocycles. The van der Waals surface area contributed by atoms with Crippen LogP contribution in [0.25, 0.3) is 0 Å². The summed E-state index contributed by atoms with van der Waals surface area (Å²) in [5.41, 5.74) is 4.47. The maximum absolute atomic E-state index is 12.4. The molecule has 0 saturated carbocycles. The van der Waals surface area contributed by atoms with Crippen molar-refractivity contribution in [2.24, 2.45) is 0 Å². The average molecular weight is 234 g/mol. The third-order valence-corrected chi connectivity index (χ3v) is 4.52. The highest BCUT2D eigenvalue weighted by Gasteiger charge is 2.26. The molecule has 1 aliphatic heterocycles. The van der Waals surface area contributed by atoms with E-state index in [1.165, 1.54) is 12.0 Å². The van der Waals surface area contributed by atoms with E-state index in [1.807, 2.05) is 25.6 Å². The van der Waals surface area contributed by atoms with E-state index >= 15 is 0 Å². The van der Waals surface area contributed by atoms with E-state index in [1.54, 1.807) is 0 Å². The summed E-state index contributed by atoms with van der Waals surface area (Å²) in [4.78, 5) is 12.4. The van der Waals surface area contributed by atoms with E-state index in [-0.39, 0.29) is 5.25 Å². The first-order valence-electron chi connectivity index (χ1n) is 5.83. The van der Waals surface area contributed by atoms with Gasteiger partial charge in [-0.1, -0.05) is 17.7 Å². The normalized spacial score (nSPS) is 20.1. The van der Waals surface area contributed by atoms with Gasteiger partial charge in [0.05, 0.1) is 5.25 Å². The maximum atomic E-state index is 12.4. The van der Waals surface area contributed by atoms with Crippen LogP contribution in [0.3, 0.4) is 0 Å². The minimum Gasteiger partial charge on any atom is -0.293 e. The van der Waals surface area contributed by atoms with Gasteiger partial charge in [0.15, 0.2) is 5.78 Å². The van der Waals surface area contributed by atoms with Crippen molar-refractivity contribution in [3.05, 3.63) is 34.4 Å². The monoisotopic (exact) mass is 234 g/mol. The standard InChI is InChI=1S/C14H18OS/c1-9-7-10(2)13(11(3)8-9)14(15)12-5-4-6-16-12/h7-8,12H,4-6H2,1-3H3. The Kier molecular flexibility index (Phi) is 3.38. The van der Waals surface area contributed by atoms with Gasteiger partial charge in [-0.05, 0) is 50.5 Å². The Labute approximate surface area is 102 Å². The van der Waals surface area contributed by atoms with Gasteiger partial charge in [-0.3, -0.25) is 4.79 Å². The lowest BCUT2D eigenvalue weighted by atomic mass is 9.94. The zero-order chi connectivity index (χ0) is 11.7. The third-order valence-electron chi connectivity index (χ3n) is 3.15. The van der Waals surface area contributed by atoms with E-state index in [9.17, 15) is 4.79 Å². The molecule has 1 aromatic carbocycles. The molecular formula is C14H18OS. The molecule has 1 atom stereocenters. The number of carbonyl (C=O) groups is 1. The summed E-state index contributed by atoms with van der Waals surface area (Å²) in [7, 11) is 0. The Bertz CT molecular complexity index is 394. The Morgan fingerprint density at radius 1 is 1.25 bits per heavy atom. The van der Waals surface area contributed by atoms with Gasteiger partial charge < -0.3 is 0 Å². The Morgan fingerprint density at radius 3 is 2.38 bits per heavy atom. The molecule has 86 valence electrons. The highest BCUT2D eigenvalue weighted by Crippen LogP contribution is 2.31. The lowest BCUT2D eigenvalue weighted by molar-refractivity contribution is 0.0987. The van der Waals surface area contributed by atoms with E-state index in [4.69, 9.17) is 0 Å². The number of hydrogen-bond acceptors (Lipinski definition) is 2. The molecule has 1 unspecified atom stereocenters. The van der Waals surface area contributed by atoms with Crippen molar-refractivity contribution >= 4 is 17.5 Å². The number of rotatable bonds is 2. The van der Waals surface area contributed by atoms with Crippen LogP contribution in [0, 0.1) is 20.8 Å². The minimum atomic E-state index is 0.208. The smallest absolute Gasteiger partial charge is 0.176 e. The number of ketones is 1. The van der Waals surface area contributed by atoms with Crippen LogP contribution in [0.1, 0.15) is 39.9 Å². The SMILES string of the molecule is Cc1cc(C)c(C(=O)C2CCCS2)c(C)c1. The van der Waals surface area contributed by atoms with Crippen molar-refractivity contribution in [2.75, 3.05) is 5.75 Å². The molecule has 0 spiro atoms. The van der Waals surface area contributed by atoms with Crippen molar-refractivity contribution in [1.29, 1.82) is 0 Å². The number of carbonyl (C=O) groups excluding carboxylic acids is 1. The average Bonchev–Trinajstić information content (AvgIpc) is 2.67. The van der Waals surface area contributed by atoms with Crippen LogP contribution in [0.2, 0.25) is 0 Å². The summed E-state index contributed by atoms with van der Waals surface area (Å²) in [6.45, 7) is 6.18. The largest absolute Gasteiger partial charge is 0.293 e. The zero-order valence-electron chi connectivity index (χ0n) is 10.2. The fraction of sp³-hybridized carbons (Fsp3) is 0.500. The third kappa shape index (κ3) is 2.17. The van der Waals surface area contributed by atoms with Gasteiger partial charge in [0.1, 0.15) is 0 Å². The van der Waals surface area contributed by atoms with E-state index in [0.717, 1.165) is 28.9 Å². The first-order chi connectivity index (χ1) is 7.59. The lowest BCUT2D eigenvalue weighted by Gasteiger charge is -2.13. The van der Waals surface area contributed by atoms with Crippen LogP contribution in [0.5, 0.6) is 0 Å². The lowest BCUT2D eigenvalue weighted by Crippen LogP contribution is -2.17. The van der Waals surface area contributed by atoms with Crippen molar-refractivity contribution in [2.45, 2.75) is 38.9 Å². The first kappa shape index (κ1) is 11.7. The zero-order valence-corrected chi connectivity index (χ0v) is 11.0. The van der Waals surface area contributed by atoms with Crippen LogP contribution in [-0.2, 0) is 0 Å². The molecule has 1 aliphatic rings. The van der Waals surface area contributed by atoms with Crippen molar-refractivity contribution in [1.82, 2.24) is 0 Å². The molecule has 0 radical (unpaired) electrons. The molecule has 1 aromatic rings. The molecule has 0 bridgehead atoms. The molecular weight excluding hydrogens is 216 g/mol. The number of aryl methyl sites for hydroxylation is 3. The van der Waals surface area contributed by atoms with Gasteiger partial charge in [0.25, 0.3) is 0 Å². The molecule has 1 fully saturated rings. The fourth-order valence-electron chi connectivity index (χ4n) is 2.51. The van der Waals surface area contributed by atoms with Gasteiger partial charge in [-0.25, -0.2) is 0 Å². The Balaban J connectivity index is 2.35. The van der Waals surface area contributed by atoms with Crippen molar-refractivity contribution in [3.63, 3.8) is 0 Å². The summed E-state index contributed by atoms with van der Waals surface area (Å²) >= 11 is 1.82. The van der Waals surface area contributed by atoms with Crippen molar-refractivity contribution in [3.8, 4) is 0 Å². The van der Waals surface area contributed by atoms with Gasteiger partial charge in [-0.2, -0.15) is 11.8 Å². The van der Waals surface area contributed by atoms with E-state index in [0.29, 0.717) is 5.78 Å². The number of Topliss-reactive ketones (excluding diaryl/α,β-unsaturated/α-hetero) is 1. The van der Waals surface area contributed by atoms with Crippen molar-refractivity contribution < 1.29 is 4.79 Å². The topological polar surface area (TPSA) is 17.1 Å². The number of thioether (sulfide) groups is 1. The highest BCUT2D eigenvalue weighted by molar-refractivity contribution is 8.00. The van der Waals surface area contributed by atoms with Gasteiger partial charge in [-0.15, -0.1) is 0 Å². The van der Waals surface area contributed by atoms with Gasteiger partial charge in [0.2, 0.25) is 0 Å². The fourth-order valence-corrected chi connectivity index (χ4v) is 3.73. The molecule has 1 nitrogen and oxygen atoms in total. The van der Waals surface area contributed by atoms with Crippen LogP contribution in [0.15, 0.2) is 12.1 Å². The molecule has 2 heteroatoms. The molecule has 16 heavy (non-hydrogen) atoms. The van der Waals surface area contributed by atoms with Gasteiger partial charge >= 0.3 is 0 Å². The predicted octanol–water partition coefficient (Wildman–Crippen LogP) is 3.69. The Hall–Kier alpha value is -0.760. The van der Waals surface area contributed by atoms with Crippen LogP contribution in [0.4, 0.5) is 0 Å². The number of benzene rings is 1. The van der Waals surface area contributed by atoms with Crippen LogP contribution in [-0.4, -0.2) is 16.8 Å². The molecule has 1 saturated heterocycles. The summed E-state index contributed by atoms with van der Waals surface area (Å²) < 4.78 is 0. The van der Waals surface area contributed by atoms with Crippen LogP contribution >= 0.6 is 11.8 Å². The molecule has 0 aliphatic carbocycles. The summed E-state index contributed by atoms with van der Waals surface area (Å²) in [6.07, 6.45) is 2.24. The highest BCUT2D eigenvalue weighted by atomic mass is 32.2. The van der Waals surface area contributed by atoms with Gasteiger partial charge in [0, 0.05) is 5.56 Å². The first-order valence-corrected chi connectivity index (χ1v) is 6.88. The Morgan fingerprint density at radius 2 is 1.88 bits per heavy atom. The second-order valence-electron chi connectivity index (χ2n) is 4.64. The van der Waals surface area contributed by atoms with Crippen LogP contribution < -0.4 is 0 Å². The predicted molar refractivity (Wildman–Crippen MR) is 70.5 cm³/mol. The molecule has 0 amide bonds. The molecule has 2 rings (SSSR count). The van der Waals surface area contributed by atoms with E-state index in [2.05, 4.69) is 19.1 Å². The van der Waals surface area contributed by atoms with E-state index < -0.39 is 0 Å². The molecule has 1 heterocycles. The molecule has 0 N–H and O–H groups in total. The quantitative estimate of drug-likeness (QED) is 0.726. The summed E-state index contributed by atoms with van der Waals surface area (Å²) in [5, 5.41) is 0.208. The second kappa shape index (κ2) is 4.62. The summed E-state index contributed by atoms with van der Waals surface area (Å²) in [5.74, 6) is 1.48. The maximum Gasteiger partial charge on any atom is 0.176 e.